The third kappa shape index (κ3) is 4.87. The van der Waals surface area contributed by atoms with Crippen LogP contribution in [-0.2, 0) is 11.3 Å². The summed E-state index contributed by atoms with van der Waals surface area (Å²) in [6.45, 7) is 7.41. The van der Waals surface area contributed by atoms with Gasteiger partial charge in [0.15, 0.2) is 5.78 Å². The number of Topliss-reactive ketones (excluding diaryl/α,β-unsaturated/α-hetero) is 1. The van der Waals surface area contributed by atoms with Crippen molar-refractivity contribution >= 4 is 11.8 Å². The van der Waals surface area contributed by atoms with Gasteiger partial charge >= 0.3 is 5.97 Å². The Hall–Kier alpha value is -1.62. The predicted molar refractivity (Wildman–Crippen MR) is 71.7 cm³/mol. The molecule has 0 aliphatic heterocycles. The molecule has 0 amide bonds. The van der Waals surface area contributed by atoms with Crippen molar-refractivity contribution in [1.29, 1.82) is 0 Å². The van der Waals surface area contributed by atoms with Crippen LogP contribution in [0.5, 0.6) is 0 Å². The van der Waals surface area contributed by atoms with Crippen LogP contribution in [0.2, 0.25) is 0 Å². The fraction of sp³-hybridized carbons (Fsp3) is 0.571. The summed E-state index contributed by atoms with van der Waals surface area (Å²) in [5.74, 6) is -0.654. The number of carboxylic acid groups (broad SMARTS) is 1. The lowest BCUT2D eigenvalue weighted by atomic mass is 10.2. The number of carbonyl (C=O) groups is 2. The third-order valence-electron chi connectivity index (χ3n) is 2.66. The summed E-state index contributed by atoms with van der Waals surface area (Å²) in [6.07, 6.45) is 2.31. The van der Waals surface area contributed by atoms with Gasteiger partial charge in [0.1, 0.15) is 5.69 Å². The molecule has 0 saturated heterocycles. The average Bonchev–Trinajstić information content (AvgIpc) is 2.72. The number of ketones is 1. The lowest BCUT2D eigenvalue weighted by Crippen LogP contribution is -2.10. The van der Waals surface area contributed by atoms with Crippen LogP contribution in [0.1, 0.15) is 48.0 Å². The Morgan fingerprint density at radius 1 is 1.42 bits per heavy atom. The highest BCUT2D eigenvalue weighted by Crippen LogP contribution is 2.11. The first-order valence-electron chi connectivity index (χ1n) is 6.44. The number of nitrogens with zero attached hydrogens (tertiary/aromatic N) is 1. The van der Waals surface area contributed by atoms with E-state index in [-0.39, 0.29) is 11.5 Å². The number of carbonyl (C=O) groups excluding carboxylic acids is 1. The molecule has 1 N–H and O–H groups in total. The van der Waals surface area contributed by atoms with Crippen molar-refractivity contribution in [2.45, 2.75) is 33.7 Å². The highest BCUT2D eigenvalue weighted by atomic mass is 16.5. The quantitative estimate of drug-likeness (QED) is 0.580. The number of hydrogen-bond donors (Lipinski definition) is 1. The van der Waals surface area contributed by atoms with Crippen LogP contribution in [-0.4, -0.2) is 34.6 Å². The first-order chi connectivity index (χ1) is 8.91. The van der Waals surface area contributed by atoms with E-state index in [0.29, 0.717) is 31.2 Å². The maximum absolute atomic E-state index is 11.3. The normalized spacial score (nSPS) is 10.9. The lowest BCUT2D eigenvalue weighted by molar-refractivity contribution is 0.0682. The van der Waals surface area contributed by atoms with E-state index < -0.39 is 5.97 Å². The summed E-state index contributed by atoms with van der Waals surface area (Å²) in [6, 6.07) is 1.42. The fourth-order valence-electron chi connectivity index (χ4n) is 1.72. The van der Waals surface area contributed by atoms with Gasteiger partial charge in [0.2, 0.25) is 0 Å². The Bertz CT molecular complexity index is 448. The monoisotopic (exact) mass is 267 g/mol. The van der Waals surface area contributed by atoms with E-state index in [4.69, 9.17) is 9.84 Å². The minimum absolute atomic E-state index is 0.127. The van der Waals surface area contributed by atoms with Crippen molar-refractivity contribution in [2.75, 3.05) is 13.2 Å². The highest BCUT2D eigenvalue weighted by Gasteiger charge is 2.14. The van der Waals surface area contributed by atoms with Gasteiger partial charge in [-0.25, -0.2) is 4.79 Å². The molecule has 0 unspecified atom stereocenters. The summed E-state index contributed by atoms with van der Waals surface area (Å²) < 4.78 is 7.04. The molecule has 0 atom stereocenters. The third-order valence-corrected chi connectivity index (χ3v) is 2.66. The van der Waals surface area contributed by atoms with Crippen LogP contribution >= 0.6 is 0 Å². The zero-order valence-electron chi connectivity index (χ0n) is 11.7. The summed E-state index contributed by atoms with van der Waals surface area (Å²) in [5, 5.41) is 9.07. The standard InChI is InChI=1S/C14H21NO4/c1-10(2)9-19-6-4-5-15-8-12(11(3)16)7-13(15)14(17)18/h7-8,10H,4-6,9H2,1-3H3,(H,17,18). The number of aryl methyl sites for hydroxylation is 1. The first kappa shape index (κ1) is 15.4. The molecule has 1 aromatic rings. The number of carboxylic acids is 1. The molecular weight excluding hydrogens is 246 g/mol. The highest BCUT2D eigenvalue weighted by molar-refractivity contribution is 5.97. The zero-order valence-corrected chi connectivity index (χ0v) is 11.7. The summed E-state index contributed by atoms with van der Waals surface area (Å²) in [7, 11) is 0. The van der Waals surface area contributed by atoms with Gasteiger partial charge < -0.3 is 14.4 Å². The zero-order chi connectivity index (χ0) is 14.4. The van der Waals surface area contributed by atoms with E-state index in [2.05, 4.69) is 13.8 Å². The van der Waals surface area contributed by atoms with Gasteiger partial charge in [0.25, 0.3) is 0 Å². The van der Waals surface area contributed by atoms with Crippen molar-refractivity contribution in [3.05, 3.63) is 23.5 Å². The molecule has 106 valence electrons. The molecule has 1 aromatic heterocycles. The van der Waals surface area contributed by atoms with E-state index in [1.165, 1.54) is 13.0 Å². The van der Waals surface area contributed by atoms with Gasteiger partial charge in [0.05, 0.1) is 0 Å². The fourth-order valence-corrected chi connectivity index (χ4v) is 1.72. The molecule has 1 heterocycles. The summed E-state index contributed by atoms with van der Waals surface area (Å²) in [4.78, 5) is 22.3. The van der Waals surface area contributed by atoms with Crippen molar-refractivity contribution in [3.63, 3.8) is 0 Å². The van der Waals surface area contributed by atoms with Crippen LogP contribution < -0.4 is 0 Å². The smallest absolute Gasteiger partial charge is 0.352 e. The van der Waals surface area contributed by atoms with Crippen LogP contribution in [0.3, 0.4) is 0 Å². The number of hydrogen-bond acceptors (Lipinski definition) is 3. The molecule has 0 bridgehead atoms. The van der Waals surface area contributed by atoms with Crippen molar-refractivity contribution in [2.24, 2.45) is 5.92 Å². The molecule has 0 aromatic carbocycles. The van der Waals surface area contributed by atoms with E-state index in [0.717, 1.165) is 6.42 Å². The second kappa shape index (κ2) is 7.09. The van der Waals surface area contributed by atoms with Crippen LogP contribution in [0, 0.1) is 5.92 Å². The van der Waals surface area contributed by atoms with Crippen LogP contribution in [0.4, 0.5) is 0 Å². The minimum atomic E-state index is -1.02. The lowest BCUT2D eigenvalue weighted by Gasteiger charge is -2.08. The summed E-state index contributed by atoms with van der Waals surface area (Å²) >= 11 is 0. The van der Waals surface area contributed by atoms with Crippen molar-refractivity contribution in [1.82, 2.24) is 4.57 Å². The molecule has 0 saturated carbocycles. The Balaban J connectivity index is 2.57. The average molecular weight is 267 g/mol. The predicted octanol–water partition coefficient (Wildman–Crippen LogP) is 2.45. The molecule has 5 heteroatoms. The van der Waals surface area contributed by atoms with Crippen LogP contribution in [0.25, 0.3) is 0 Å². The summed E-state index contributed by atoms with van der Waals surface area (Å²) in [5.41, 5.74) is 0.578. The number of ether oxygens (including phenoxy) is 1. The van der Waals surface area contributed by atoms with Gasteiger partial charge in [-0.2, -0.15) is 0 Å². The van der Waals surface area contributed by atoms with E-state index in [1.54, 1.807) is 10.8 Å². The Morgan fingerprint density at radius 2 is 2.11 bits per heavy atom. The van der Waals surface area contributed by atoms with Gasteiger partial charge in [-0.05, 0) is 25.3 Å². The largest absolute Gasteiger partial charge is 0.477 e. The molecule has 5 nitrogen and oxygen atoms in total. The first-order valence-corrected chi connectivity index (χ1v) is 6.44. The molecule has 0 spiro atoms. The number of aromatic carboxylic acids is 1. The maximum atomic E-state index is 11.3. The van der Waals surface area contributed by atoms with Gasteiger partial charge in [-0.1, -0.05) is 13.8 Å². The molecule has 19 heavy (non-hydrogen) atoms. The second-order valence-corrected chi connectivity index (χ2v) is 4.99. The topological polar surface area (TPSA) is 68.5 Å². The van der Waals surface area contributed by atoms with E-state index in [1.807, 2.05) is 0 Å². The van der Waals surface area contributed by atoms with E-state index in [9.17, 15) is 9.59 Å². The van der Waals surface area contributed by atoms with Gasteiger partial charge in [-0.15, -0.1) is 0 Å². The second-order valence-electron chi connectivity index (χ2n) is 4.99. The van der Waals surface area contributed by atoms with Crippen molar-refractivity contribution < 1.29 is 19.4 Å². The maximum Gasteiger partial charge on any atom is 0.352 e. The molecule has 1 rings (SSSR count). The van der Waals surface area contributed by atoms with E-state index >= 15 is 0 Å². The molecule has 0 radical (unpaired) electrons. The number of aromatic nitrogens is 1. The van der Waals surface area contributed by atoms with Gasteiger partial charge in [0, 0.05) is 31.5 Å². The Labute approximate surface area is 113 Å². The Morgan fingerprint density at radius 3 is 2.63 bits per heavy atom. The minimum Gasteiger partial charge on any atom is -0.477 e. The van der Waals surface area contributed by atoms with Crippen molar-refractivity contribution in [3.8, 4) is 0 Å². The van der Waals surface area contributed by atoms with Crippen LogP contribution in [0.15, 0.2) is 12.3 Å². The molecular formula is C14H21NO4. The Kier molecular flexibility index (Phi) is 5.76. The van der Waals surface area contributed by atoms with Gasteiger partial charge in [-0.3, -0.25) is 4.79 Å². The SMILES string of the molecule is CC(=O)c1cc(C(=O)O)n(CCCOCC(C)C)c1. The molecule has 0 aliphatic rings. The molecule has 0 aliphatic carbocycles. The molecule has 0 fully saturated rings. The number of rotatable bonds is 8.